The molecule has 0 aliphatic carbocycles. The Bertz CT molecular complexity index is 692. The second kappa shape index (κ2) is 7.64. The summed E-state index contributed by atoms with van der Waals surface area (Å²) in [5.74, 6) is 0.932. The summed E-state index contributed by atoms with van der Waals surface area (Å²) in [5, 5.41) is 4.87. The quantitative estimate of drug-likeness (QED) is 0.783. The lowest BCUT2D eigenvalue weighted by molar-refractivity contribution is 0.0818. The van der Waals surface area contributed by atoms with Gasteiger partial charge in [0.25, 0.3) is 5.91 Å². The largest absolute Gasteiger partial charge is 0.482 e. The van der Waals surface area contributed by atoms with Gasteiger partial charge in [0.2, 0.25) is 0 Å². The maximum Gasteiger partial charge on any atom is 0.284 e. The molecule has 0 unspecified atom stereocenters. The Kier molecular flexibility index (Phi) is 5.83. The SMILES string of the molecule is Cc1nn(C(=O)COc2ccccc2Cl)c(C)c1CCC(C)C. The highest BCUT2D eigenvalue weighted by molar-refractivity contribution is 6.32. The molecule has 0 radical (unpaired) electrons. The molecule has 1 aromatic carbocycles. The van der Waals surface area contributed by atoms with Crippen LogP contribution in [-0.4, -0.2) is 22.3 Å². The van der Waals surface area contributed by atoms with Crippen LogP contribution < -0.4 is 4.74 Å². The number of carbonyl (C=O) groups excluding carboxylic acids is 1. The standard InChI is InChI=1S/C18H23ClN2O2/c1-12(2)9-10-15-13(3)20-21(14(15)4)18(22)11-23-17-8-6-5-7-16(17)19/h5-8,12H,9-11H2,1-4H3. The van der Waals surface area contributed by atoms with Crippen molar-refractivity contribution < 1.29 is 9.53 Å². The Morgan fingerprint density at radius 3 is 2.65 bits per heavy atom. The fourth-order valence-electron chi connectivity index (χ4n) is 2.48. The Morgan fingerprint density at radius 2 is 2.00 bits per heavy atom. The summed E-state index contributed by atoms with van der Waals surface area (Å²) in [7, 11) is 0. The summed E-state index contributed by atoms with van der Waals surface area (Å²) < 4.78 is 6.96. The van der Waals surface area contributed by atoms with Crippen LogP contribution in [-0.2, 0) is 6.42 Å². The lowest BCUT2D eigenvalue weighted by atomic mass is 10.0. The van der Waals surface area contributed by atoms with Crippen molar-refractivity contribution in [3.8, 4) is 5.75 Å². The molecule has 0 atom stereocenters. The van der Waals surface area contributed by atoms with E-state index in [1.165, 1.54) is 4.68 Å². The van der Waals surface area contributed by atoms with E-state index in [0.717, 1.165) is 29.8 Å². The molecule has 0 saturated carbocycles. The van der Waals surface area contributed by atoms with E-state index in [1.807, 2.05) is 26.0 Å². The van der Waals surface area contributed by atoms with Gasteiger partial charge in [-0.1, -0.05) is 37.6 Å². The zero-order valence-corrected chi connectivity index (χ0v) is 14.9. The predicted octanol–water partition coefficient (Wildman–Crippen LogP) is 4.46. The van der Waals surface area contributed by atoms with Crippen molar-refractivity contribution in [1.29, 1.82) is 0 Å². The maximum absolute atomic E-state index is 12.4. The van der Waals surface area contributed by atoms with Crippen LogP contribution >= 0.6 is 11.6 Å². The molecule has 0 bridgehead atoms. The Balaban J connectivity index is 2.08. The molecule has 1 aromatic heterocycles. The summed E-state index contributed by atoms with van der Waals surface area (Å²) in [5.41, 5.74) is 2.97. The first-order chi connectivity index (χ1) is 10.9. The van der Waals surface area contributed by atoms with Crippen molar-refractivity contribution in [2.75, 3.05) is 6.61 Å². The molecule has 0 spiro atoms. The number of aromatic nitrogens is 2. The van der Waals surface area contributed by atoms with Gasteiger partial charge in [-0.25, -0.2) is 4.68 Å². The molecule has 124 valence electrons. The molecule has 0 N–H and O–H groups in total. The number of hydrogen-bond acceptors (Lipinski definition) is 3. The third-order valence-corrected chi connectivity index (χ3v) is 4.15. The summed E-state index contributed by atoms with van der Waals surface area (Å²) in [4.78, 5) is 12.4. The first-order valence-corrected chi connectivity index (χ1v) is 8.23. The number of para-hydroxylation sites is 1. The van der Waals surface area contributed by atoms with E-state index in [2.05, 4.69) is 18.9 Å². The summed E-state index contributed by atoms with van der Waals surface area (Å²) in [6.07, 6.45) is 2.02. The molecule has 5 heteroatoms. The van der Waals surface area contributed by atoms with Crippen LogP contribution in [0.5, 0.6) is 5.75 Å². The van der Waals surface area contributed by atoms with Crippen molar-refractivity contribution >= 4 is 17.5 Å². The van der Waals surface area contributed by atoms with Crippen LogP contribution in [0.25, 0.3) is 0 Å². The van der Waals surface area contributed by atoms with Gasteiger partial charge in [-0.3, -0.25) is 4.79 Å². The number of rotatable bonds is 6. The topological polar surface area (TPSA) is 44.1 Å². The van der Waals surface area contributed by atoms with Crippen molar-refractivity contribution in [2.45, 2.75) is 40.5 Å². The zero-order valence-electron chi connectivity index (χ0n) is 14.1. The molecular formula is C18H23ClN2O2. The zero-order chi connectivity index (χ0) is 17.0. The second-order valence-corrected chi connectivity index (χ2v) is 6.51. The van der Waals surface area contributed by atoms with Crippen LogP contribution in [0.3, 0.4) is 0 Å². The van der Waals surface area contributed by atoms with Gasteiger partial charge in [0.15, 0.2) is 6.61 Å². The highest BCUT2D eigenvalue weighted by Gasteiger charge is 2.17. The molecule has 0 fully saturated rings. The lowest BCUT2D eigenvalue weighted by Gasteiger charge is -2.08. The second-order valence-electron chi connectivity index (χ2n) is 6.11. The molecule has 0 aliphatic heterocycles. The summed E-state index contributed by atoms with van der Waals surface area (Å²) in [6.45, 7) is 8.18. The molecule has 1 heterocycles. The summed E-state index contributed by atoms with van der Waals surface area (Å²) in [6, 6.07) is 7.11. The Hall–Kier alpha value is -1.81. The Labute approximate surface area is 142 Å². The third-order valence-electron chi connectivity index (χ3n) is 3.84. The van der Waals surface area contributed by atoms with Crippen LogP contribution in [0.4, 0.5) is 0 Å². The number of hydrogen-bond donors (Lipinski definition) is 0. The van der Waals surface area contributed by atoms with E-state index >= 15 is 0 Å². The van der Waals surface area contributed by atoms with Gasteiger partial charge in [0, 0.05) is 5.69 Å². The maximum atomic E-state index is 12.4. The van der Waals surface area contributed by atoms with Gasteiger partial charge < -0.3 is 4.74 Å². The van der Waals surface area contributed by atoms with Gasteiger partial charge in [-0.15, -0.1) is 0 Å². The number of ether oxygens (including phenoxy) is 1. The minimum Gasteiger partial charge on any atom is -0.482 e. The number of carbonyl (C=O) groups is 1. The smallest absolute Gasteiger partial charge is 0.284 e. The van der Waals surface area contributed by atoms with Crippen LogP contribution in [0, 0.1) is 19.8 Å². The van der Waals surface area contributed by atoms with Crippen molar-refractivity contribution in [3.05, 3.63) is 46.2 Å². The number of aryl methyl sites for hydroxylation is 1. The molecule has 0 amide bonds. The van der Waals surface area contributed by atoms with Gasteiger partial charge in [-0.05, 0) is 50.3 Å². The van der Waals surface area contributed by atoms with Crippen molar-refractivity contribution in [1.82, 2.24) is 9.78 Å². The molecule has 2 rings (SSSR count). The normalized spacial score (nSPS) is 11.0. The van der Waals surface area contributed by atoms with Crippen LogP contribution in [0.2, 0.25) is 5.02 Å². The minimum atomic E-state index is -0.193. The molecule has 4 nitrogen and oxygen atoms in total. The van der Waals surface area contributed by atoms with Crippen LogP contribution in [0.15, 0.2) is 24.3 Å². The van der Waals surface area contributed by atoms with E-state index < -0.39 is 0 Å². The van der Waals surface area contributed by atoms with Crippen molar-refractivity contribution in [2.24, 2.45) is 5.92 Å². The number of halogens is 1. The van der Waals surface area contributed by atoms with Crippen molar-refractivity contribution in [3.63, 3.8) is 0 Å². The molecule has 23 heavy (non-hydrogen) atoms. The minimum absolute atomic E-state index is 0.0880. The van der Waals surface area contributed by atoms with Gasteiger partial charge in [-0.2, -0.15) is 5.10 Å². The molecule has 0 saturated heterocycles. The average molecular weight is 335 g/mol. The lowest BCUT2D eigenvalue weighted by Crippen LogP contribution is -2.22. The first-order valence-electron chi connectivity index (χ1n) is 7.85. The van der Waals surface area contributed by atoms with E-state index in [0.29, 0.717) is 16.7 Å². The third kappa shape index (κ3) is 4.35. The van der Waals surface area contributed by atoms with Crippen LogP contribution in [0.1, 0.15) is 42.0 Å². The Morgan fingerprint density at radius 1 is 1.30 bits per heavy atom. The summed E-state index contributed by atoms with van der Waals surface area (Å²) >= 11 is 6.03. The fraction of sp³-hybridized carbons (Fsp3) is 0.444. The molecule has 0 aliphatic rings. The van der Waals surface area contributed by atoms with E-state index in [-0.39, 0.29) is 12.5 Å². The van der Waals surface area contributed by atoms with Gasteiger partial charge in [0.05, 0.1) is 10.7 Å². The van der Waals surface area contributed by atoms with Gasteiger partial charge >= 0.3 is 0 Å². The highest BCUT2D eigenvalue weighted by atomic mass is 35.5. The first kappa shape index (κ1) is 17.5. The number of nitrogens with zero attached hydrogens (tertiary/aromatic N) is 2. The predicted molar refractivity (Wildman–Crippen MR) is 92.4 cm³/mol. The van der Waals surface area contributed by atoms with Gasteiger partial charge in [0.1, 0.15) is 5.75 Å². The fourth-order valence-corrected chi connectivity index (χ4v) is 2.67. The molecule has 2 aromatic rings. The number of benzene rings is 1. The van der Waals surface area contributed by atoms with E-state index in [9.17, 15) is 4.79 Å². The monoisotopic (exact) mass is 334 g/mol. The molecular weight excluding hydrogens is 312 g/mol. The van der Waals surface area contributed by atoms with E-state index in [4.69, 9.17) is 16.3 Å². The highest BCUT2D eigenvalue weighted by Crippen LogP contribution is 2.23. The van der Waals surface area contributed by atoms with E-state index in [1.54, 1.807) is 12.1 Å². The average Bonchev–Trinajstić information content (AvgIpc) is 2.79.